The van der Waals surface area contributed by atoms with Gasteiger partial charge < -0.3 is 14.0 Å². The van der Waals surface area contributed by atoms with Crippen molar-refractivity contribution in [1.82, 2.24) is 14.4 Å². The van der Waals surface area contributed by atoms with Gasteiger partial charge in [0.1, 0.15) is 5.76 Å². The number of hydrogen-bond acceptors (Lipinski definition) is 7. The Hall–Kier alpha value is -2.10. The van der Waals surface area contributed by atoms with E-state index in [1.54, 1.807) is 12.1 Å². The smallest absolute Gasteiger partial charge is 0.243 e. The van der Waals surface area contributed by atoms with Crippen LogP contribution in [-0.4, -0.2) is 55.8 Å². The molecule has 0 amide bonds. The lowest BCUT2D eigenvalue weighted by atomic mass is 10.2. The largest absolute Gasteiger partial charge is 0.454 e. The van der Waals surface area contributed by atoms with Gasteiger partial charge in [-0.25, -0.2) is 8.42 Å². The summed E-state index contributed by atoms with van der Waals surface area (Å²) in [5.41, 5.74) is 1.97. The molecule has 2 aliphatic rings. The standard InChI is InChI=1S/C17H21N3O5S/c1-12-15(13(2)25-18-12)10-19-5-7-20(8-6-19)26(21,22)14-3-4-16-17(9-14)24-11-23-16/h3-4,9H,5-8,10-11H2,1-2H3. The summed E-state index contributed by atoms with van der Waals surface area (Å²) in [6.45, 7) is 6.88. The maximum atomic E-state index is 12.9. The number of aromatic nitrogens is 1. The van der Waals surface area contributed by atoms with Crippen LogP contribution < -0.4 is 9.47 Å². The predicted molar refractivity (Wildman–Crippen MR) is 92.6 cm³/mol. The normalized spacial score (nSPS) is 18.4. The second-order valence-electron chi connectivity index (χ2n) is 6.50. The lowest BCUT2D eigenvalue weighted by molar-refractivity contribution is 0.173. The van der Waals surface area contributed by atoms with Gasteiger partial charge in [-0.3, -0.25) is 4.90 Å². The van der Waals surface area contributed by atoms with Crippen molar-refractivity contribution in [3.63, 3.8) is 0 Å². The van der Waals surface area contributed by atoms with Gasteiger partial charge in [-0.2, -0.15) is 4.31 Å². The average Bonchev–Trinajstić information content (AvgIpc) is 3.23. The quantitative estimate of drug-likeness (QED) is 0.796. The molecule has 1 aromatic carbocycles. The maximum Gasteiger partial charge on any atom is 0.243 e. The van der Waals surface area contributed by atoms with Crippen molar-refractivity contribution in [2.45, 2.75) is 25.3 Å². The van der Waals surface area contributed by atoms with E-state index in [1.165, 1.54) is 10.4 Å². The van der Waals surface area contributed by atoms with Crippen molar-refractivity contribution in [3.05, 3.63) is 35.2 Å². The molecule has 0 unspecified atom stereocenters. The highest BCUT2D eigenvalue weighted by Gasteiger charge is 2.30. The number of sulfonamides is 1. The van der Waals surface area contributed by atoms with Crippen LogP contribution in [0, 0.1) is 13.8 Å². The molecular formula is C17H21N3O5S. The molecule has 2 aromatic rings. The van der Waals surface area contributed by atoms with Crippen molar-refractivity contribution in [1.29, 1.82) is 0 Å². The number of rotatable bonds is 4. The Kier molecular flexibility index (Phi) is 4.37. The summed E-state index contributed by atoms with van der Waals surface area (Å²) < 4.78 is 43.1. The first-order valence-corrected chi connectivity index (χ1v) is 9.93. The van der Waals surface area contributed by atoms with Gasteiger partial charge in [0.2, 0.25) is 16.8 Å². The molecule has 0 radical (unpaired) electrons. The molecule has 26 heavy (non-hydrogen) atoms. The molecule has 0 atom stereocenters. The van der Waals surface area contributed by atoms with Gasteiger partial charge in [0.05, 0.1) is 10.6 Å². The highest BCUT2D eigenvalue weighted by atomic mass is 32.2. The number of piperazine rings is 1. The topological polar surface area (TPSA) is 85.1 Å². The van der Waals surface area contributed by atoms with E-state index >= 15 is 0 Å². The van der Waals surface area contributed by atoms with Crippen LogP contribution in [0.4, 0.5) is 0 Å². The molecule has 0 bridgehead atoms. The molecule has 0 N–H and O–H groups in total. The summed E-state index contributed by atoms with van der Waals surface area (Å²) >= 11 is 0. The monoisotopic (exact) mass is 379 g/mol. The van der Waals surface area contributed by atoms with E-state index in [0.717, 1.165) is 23.6 Å². The summed E-state index contributed by atoms with van der Waals surface area (Å²) in [6.07, 6.45) is 0. The molecule has 4 rings (SSSR count). The molecule has 2 aliphatic heterocycles. The SMILES string of the molecule is Cc1noc(C)c1CN1CCN(S(=O)(=O)c2ccc3c(c2)OCO3)CC1. The van der Waals surface area contributed by atoms with E-state index in [4.69, 9.17) is 14.0 Å². The van der Waals surface area contributed by atoms with Crippen molar-refractivity contribution in [2.75, 3.05) is 33.0 Å². The Morgan fingerprint density at radius 1 is 1.08 bits per heavy atom. The fourth-order valence-electron chi connectivity index (χ4n) is 3.27. The lowest BCUT2D eigenvalue weighted by Crippen LogP contribution is -2.48. The van der Waals surface area contributed by atoms with Crippen LogP contribution in [0.3, 0.4) is 0 Å². The zero-order valence-electron chi connectivity index (χ0n) is 14.8. The second kappa shape index (κ2) is 6.57. The Labute approximate surface area is 152 Å². The van der Waals surface area contributed by atoms with Crippen LogP contribution in [0.15, 0.2) is 27.6 Å². The molecule has 0 aliphatic carbocycles. The minimum atomic E-state index is -3.55. The lowest BCUT2D eigenvalue weighted by Gasteiger charge is -2.33. The Morgan fingerprint density at radius 2 is 1.81 bits per heavy atom. The third-order valence-electron chi connectivity index (χ3n) is 4.88. The first kappa shape index (κ1) is 17.3. The molecule has 9 heteroatoms. The molecule has 0 saturated carbocycles. The van der Waals surface area contributed by atoms with Gasteiger partial charge in [-0.05, 0) is 26.0 Å². The van der Waals surface area contributed by atoms with Crippen molar-refractivity contribution < 1.29 is 22.4 Å². The molecule has 3 heterocycles. The fourth-order valence-corrected chi connectivity index (χ4v) is 4.70. The van der Waals surface area contributed by atoms with Gasteiger partial charge in [0.15, 0.2) is 11.5 Å². The zero-order valence-corrected chi connectivity index (χ0v) is 15.6. The summed E-state index contributed by atoms with van der Waals surface area (Å²) in [4.78, 5) is 2.46. The first-order chi connectivity index (χ1) is 12.4. The summed E-state index contributed by atoms with van der Waals surface area (Å²) in [7, 11) is -3.55. The third kappa shape index (κ3) is 3.06. The highest BCUT2D eigenvalue weighted by Crippen LogP contribution is 2.34. The molecule has 0 spiro atoms. The Balaban J connectivity index is 1.44. The van der Waals surface area contributed by atoms with E-state index in [0.29, 0.717) is 37.7 Å². The number of nitrogens with zero attached hydrogens (tertiary/aromatic N) is 3. The minimum absolute atomic E-state index is 0.124. The Bertz CT molecular complexity index is 897. The third-order valence-corrected chi connectivity index (χ3v) is 6.77. The van der Waals surface area contributed by atoms with Crippen LogP contribution >= 0.6 is 0 Å². The van der Waals surface area contributed by atoms with E-state index < -0.39 is 10.0 Å². The van der Waals surface area contributed by atoms with Crippen LogP contribution in [0.2, 0.25) is 0 Å². The van der Waals surface area contributed by atoms with Gasteiger partial charge in [0, 0.05) is 44.4 Å². The highest BCUT2D eigenvalue weighted by molar-refractivity contribution is 7.89. The molecule has 8 nitrogen and oxygen atoms in total. The van der Waals surface area contributed by atoms with E-state index in [2.05, 4.69) is 10.1 Å². The number of hydrogen-bond donors (Lipinski definition) is 0. The van der Waals surface area contributed by atoms with Crippen LogP contribution in [0.1, 0.15) is 17.0 Å². The predicted octanol–water partition coefficient (Wildman–Crippen LogP) is 1.53. The number of aryl methyl sites for hydroxylation is 2. The fraction of sp³-hybridized carbons (Fsp3) is 0.471. The molecule has 1 aromatic heterocycles. The maximum absolute atomic E-state index is 12.9. The van der Waals surface area contributed by atoms with Crippen molar-refractivity contribution in [3.8, 4) is 11.5 Å². The number of ether oxygens (including phenoxy) is 2. The van der Waals surface area contributed by atoms with Gasteiger partial charge >= 0.3 is 0 Å². The van der Waals surface area contributed by atoms with Crippen LogP contribution in [0.5, 0.6) is 11.5 Å². The van der Waals surface area contributed by atoms with Crippen LogP contribution in [0.25, 0.3) is 0 Å². The average molecular weight is 379 g/mol. The summed E-state index contributed by atoms with van der Waals surface area (Å²) in [6, 6.07) is 4.75. The molecule has 1 fully saturated rings. The van der Waals surface area contributed by atoms with E-state index in [-0.39, 0.29) is 11.7 Å². The van der Waals surface area contributed by atoms with Gasteiger partial charge in [0.25, 0.3) is 0 Å². The summed E-state index contributed by atoms with van der Waals surface area (Å²) in [5, 5.41) is 3.97. The van der Waals surface area contributed by atoms with Gasteiger partial charge in [-0.1, -0.05) is 5.16 Å². The summed E-state index contributed by atoms with van der Waals surface area (Å²) in [5.74, 6) is 1.87. The number of benzene rings is 1. The first-order valence-electron chi connectivity index (χ1n) is 8.49. The van der Waals surface area contributed by atoms with Crippen LogP contribution in [-0.2, 0) is 16.6 Å². The minimum Gasteiger partial charge on any atom is -0.454 e. The van der Waals surface area contributed by atoms with E-state index in [1.807, 2.05) is 13.8 Å². The molecule has 1 saturated heterocycles. The number of fused-ring (bicyclic) bond motifs is 1. The molecular weight excluding hydrogens is 358 g/mol. The molecule has 140 valence electrons. The van der Waals surface area contributed by atoms with Crippen molar-refractivity contribution >= 4 is 10.0 Å². The Morgan fingerprint density at radius 3 is 2.50 bits per heavy atom. The van der Waals surface area contributed by atoms with Crippen molar-refractivity contribution in [2.24, 2.45) is 0 Å². The van der Waals surface area contributed by atoms with Gasteiger partial charge in [-0.15, -0.1) is 0 Å². The van der Waals surface area contributed by atoms with E-state index in [9.17, 15) is 8.42 Å². The second-order valence-corrected chi connectivity index (χ2v) is 8.44. The zero-order chi connectivity index (χ0) is 18.3.